The first-order valence-electron chi connectivity index (χ1n) is 13.2. The average Bonchev–Trinajstić information content (AvgIpc) is 3.38. The van der Waals surface area contributed by atoms with E-state index in [0.717, 1.165) is 25.1 Å². The monoisotopic (exact) mass is 558 g/mol. The fourth-order valence-electron chi connectivity index (χ4n) is 4.63. The van der Waals surface area contributed by atoms with Crippen LogP contribution < -0.4 is 20.1 Å². The third kappa shape index (κ3) is 6.50. The third-order valence-corrected chi connectivity index (χ3v) is 6.94. The van der Waals surface area contributed by atoms with Crippen LogP contribution in [0.25, 0.3) is 10.9 Å². The van der Waals surface area contributed by atoms with Crippen LogP contribution in [0.5, 0.6) is 11.5 Å². The molecule has 1 amide bonds. The van der Waals surface area contributed by atoms with Crippen molar-refractivity contribution in [1.82, 2.24) is 19.9 Å². The Bertz CT molecular complexity index is 1510. The molecule has 1 saturated heterocycles. The van der Waals surface area contributed by atoms with Crippen LogP contribution in [0.4, 0.5) is 17.2 Å². The van der Waals surface area contributed by atoms with Crippen LogP contribution in [0.3, 0.4) is 0 Å². The highest BCUT2D eigenvalue weighted by molar-refractivity contribution is 6.32. The molecule has 1 atom stereocenters. The van der Waals surface area contributed by atoms with Crippen LogP contribution in [0, 0.1) is 0 Å². The molecule has 0 saturated carbocycles. The summed E-state index contributed by atoms with van der Waals surface area (Å²) in [6.07, 6.45) is 8.92. The van der Waals surface area contributed by atoms with E-state index in [0.29, 0.717) is 57.8 Å². The van der Waals surface area contributed by atoms with Crippen LogP contribution in [0.1, 0.15) is 25.5 Å². The van der Waals surface area contributed by atoms with Crippen molar-refractivity contribution in [1.29, 1.82) is 0 Å². The van der Waals surface area contributed by atoms with E-state index < -0.39 is 0 Å². The zero-order valence-electron chi connectivity index (χ0n) is 22.4. The van der Waals surface area contributed by atoms with Gasteiger partial charge in [0.1, 0.15) is 24.5 Å². The summed E-state index contributed by atoms with van der Waals surface area (Å²) in [4.78, 5) is 28.2. The van der Waals surface area contributed by atoms with Gasteiger partial charge in [0.15, 0.2) is 5.75 Å². The second kappa shape index (κ2) is 12.8. The number of anilines is 3. The van der Waals surface area contributed by atoms with Crippen molar-refractivity contribution in [3.8, 4) is 11.5 Å². The fourth-order valence-corrected chi connectivity index (χ4v) is 4.86. The number of amides is 1. The average molecular weight is 559 g/mol. The third-order valence-electron chi connectivity index (χ3n) is 6.65. The zero-order chi connectivity index (χ0) is 27.9. The number of nitrogens with one attached hydrogen (secondary N) is 2. The van der Waals surface area contributed by atoms with Gasteiger partial charge in [0.05, 0.1) is 33.9 Å². The van der Waals surface area contributed by atoms with Crippen molar-refractivity contribution in [2.24, 2.45) is 0 Å². The maximum atomic E-state index is 12.8. The maximum absolute atomic E-state index is 12.8. The zero-order valence-corrected chi connectivity index (χ0v) is 23.2. The van der Waals surface area contributed by atoms with E-state index in [1.165, 1.54) is 6.33 Å². The number of nitrogens with zero attached hydrogens (tertiary/aromatic N) is 4. The van der Waals surface area contributed by atoms with Gasteiger partial charge in [-0.05, 0) is 75.8 Å². The van der Waals surface area contributed by atoms with E-state index in [4.69, 9.17) is 21.1 Å². The summed E-state index contributed by atoms with van der Waals surface area (Å²) in [5.74, 6) is 1.33. The molecule has 3 heterocycles. The number of halogens is 1. The van der Waals surface area contributed by atoms with E-state index >= 15 is 0 Å². The minimum absolute atomic E-state index is 0.222. The molecule has 1 aliphatic heterocycles. The largest absolute Gasteiger partial charge is 0.491 e. The minimum atomic E-state index is -0.222. The summed E-state index contributed by atoms with van der Waals surface area (Å²) >= 11 is 6.53. The normalized spacial score (nSPS) is 15.4. The predicted octanol–water partition coefficient (Wildman–Crippen LogP) is 5.99. The number of hydrogen-bond donors (Lipinski definition) is 2. The van der Waals surface area contributed by atoms with E-state index in [-0.39, 0.29) is 11.9 Å². The van der Waals surface area contributed by atoms with Crippen molar-refractivity contribution >= 4 is 45.6 Å². The number of hydrogen-bond acceptors (Lipinski definition) is 8. The Kier molecular flexibility index (Phi) is 8.73. The number of aromatic nitrogens is 3. The van der Waals surface area contributed by atoms with E-state index in [1.54, 1.807) is 30.5 Å². The predicted molar refractivity (Wildman–Crippen MR) is 157 cm³/mol. The number of likely N-dealkylation sites (tertiary alicyclic amines) is 1. The molecular formula is C30H31ClN6O3. The number of likely N-dealkylation sites (N-methyl/N-ethyl adjacent to an activating group) is 1. The highest BCUT2D eigenvalue weighted by atomic mass is 35.5. The Morgan fingerprint density at radius 3 is 2.80 bits per heavy atom. The van der Waals surface area contributed by atoms with Crippen LogP contribution >= 0.6 is 11.6 Å². The molecule has 1 fully saturated rings. The Morgan fingerprint density at radius 2 is 2.05 bits per heavy atom. The first-order chi connectivity index (χ1) is 19.5. The lowest BCUT2D eigenvalue weighted by atomic mass is 10.1. The molecule has 1 unspecified atom stereocenters. The summed E-state index contributed by atoms with van der Waals surface area (Å²) in [6.45, 7) is 3.63. The molecule has 0 bridgehead atoms. The summed E-state index contributed by atoms with van der Waals surface area (Å²) in [5, 5.41) is 7.37. The molecule has 2 aromatic carbocycles. The van der Waals surface area contributed by atoms with E-state index in [1.807, 2.05) is 43.3 Å². The standard InChI is InChI=1S/C30H31ClN6O3/c1-3-39-29-25(36-27(38)14-10-22-8-6-16-37(22)2)12-11-24-28(29)30(34-19-33-24)35-20-9-13-26(23(31)17-20)40-18-21-7-4-5-15-32-21/h4-5,7,9-15,17,19,22H,3,6,8,16,18H2,1-2H3,(H,36,38)(H,33,34,35). The number of carbonyl (C=O) groups is 1. The molecule has 5 rings (SSSR count). The van der Waals surface area contributed by atoms with Gasteiger partial charge in [0.2, 0.25) is 5.91 Å². The lowest BCUT2D eigenvalue weighted by Crippen LogP contribution is -2.23. The van der Waals surface area contributed by atoms with Crippen molar-refractivity contribution in [3.63, 3.8) is 0 Å². The highest BCUT2D eigenvalue weighted by Crippen LogP contribution is 2.38. The van der Waals surface area contributed by atoms with Crippen molar-refractivity contribution in [2.75, 3.05) is 30.8 Å². The first-order valence-corrected chi connectivity index (χ1v) is 13.6. The van der Waals surface area contributed by atoms with Gasteiger partial charge in [-0.25, -0.2) is 9.97 Å². The number of rotatable bonds is 10. The Hall–Kier alpha value is -4.21. The van der Waals surface area contributed by atoms with Crippen molar-refractivity contribution in [3.05, 3.63) is 83.9 Å². The highest BCUT2D eigenvalue weighted by Gasteiger charge is 2.19. The Morgan fingerprint density at radius 1 is 1.15 bits per heavy atom. The molecule has 0 radical (unpaired) electrons. The van der Waals surface area contributed by atoms with Gasteiger partial charge >= 0.3 is 0 Å². The number of ether oxygens (including phenoxy) is 2. The van der Waals surface area contributed by atoms with Gasteiger partial charge in [0.25, 0.3) is 0 Å². The smallest absolute Gasteiger partial charge is 0.248 e. The van der Waals surface area contributed by atoms with Gasteiger partial charge < -0.3 is 20.1 Å². The molecule has 0 aliphatic carbocycles. The molecule has 10 heteroatoms. The van der Waals surface area contributed by atoms with Gasteiger partial charge in [-0.1, -0.05) is 23.7 Å². The van der Waals surface area contributed by atoms with Gasteiger partial charge in [0, 0.05) is 24.0 Å². The minimum Gasteiger partial charge on any atom is -0.491 e. The fraction of sp³-hybridized carbons (Fsp3) is 0.267. The van der Waals surface area contributed by atoms with Crippen molar-refractivity contribution in [2.45, 2.75) is 32.4 Å². The maximum Gasteiger partial charge on any atom is 0.248 e. The van der Waals surface area contributed by atoms with E-state index in [2.05, 4.69) is 37.5 Å². The lowest BCUT2D eigenvalue weighted by Gasteiger charge is -2.17. The quantitative estimate of drug-likeness (QED) is 0.229. The molecule has 2 N–H and O–H groups in total. The van der Waals surface area contributed by atoms with Crippen LogP contribution in [0.2, 0.25) is 5.02 Å². The van der Waals surface area contributed by atoms with Gasteiger partial charge in [-0.3, -0.25) is 14.7 Å². The molecule has 1 aliphatic rings. The second-order valence-electron chi connectivity index (χ2n) is 9.41. The summed E-state index contributed by atoms with van der Waals surface area (Å²) < 4.78 is 11.9. The second-order valence-corrected chi connectivity index (χ2v) is 9.82. The molecule has 40 heavy (non-hydrogen) atoms. The lowest BCUT2D eigenvalue weighted by molar-refractivity contribution is -0.112. The Balaban J connectivity index is 1.37. The topological polar surface area (TPSA) is 102 Å². The van der Waals surface area contributed by atoms with Gasteiger partial charge in [-0.2, -0.15) is 0 Å². The van der Waals surface area contributed by atoms with E-state index in [9.17, 15) is 4.79 Å². The SMILES string of the molecule is CCOc1c(NC(=O)C=CC2CCCN2C)ccc2ncnc(Nc3ccc(OCc4ccccn4)c(Cl)c3)c12. The van der Waals surface area contributed by atoms with Crippen LogP contribution in [0.15, 0.2) is 73.2 Å². The number of pyridine rings is 1. The van der Waals surface area contributed by atoms with Gasteiger partial charge in [-0.15, -0.1) is 0 Å². The first kappa shape index (κ1) is 27.4. The molecule has 2 aromatic heterocycles. The summed E-state index contributed by atoms with van der Waals surface area (Å²) in [5.41, 5.74) is 2.72. The Labute approximate surface area is 238 Å². The number of fused-ring (bicyclic) bond motifs is 1. The summed E-state index contributed by atoms with van der Waals surface area (Å²) in [7, 11) is 2.07. The number of carbonyl (C=O) groups excluding carboxylic acids is 1. The molecule has 0 spiro atoms. The molecular weight excluding hydrogens is 528 g/mol. The molecule has 4 aromatic rings. The summed E-state index contributed by atoms with van der Waals surface area (Å²) in [6, 6.07) is 15.0. The van der Waals surface area contributed by atoms with Crippen LogP contribution in [-0.4, -0.2) is 52.0 Å². The van der Waals surface area contributed by atoms with Crippen molar-refractivity contribution < 1.29 is 14.3 Å². The van der Waals surface area contributed by atoms with Crippen LogP contribution in [-0.2, 0) is 11.4 Å². The molecule has 9 nitrogen and oxygen atoms in total. The number of benzene rings is 2. The molecule has 206 valence electrons.